The summed E-state index contributed by atoms with van der Waals surface area (Å²) >= 11 is 5.21. The van der Waals surface area contributed by atoms with E-state index in [1.807, 2.05) is 18.2 Å². The van der Waals surface area contributed by atoms with E-state index < -0.39 is 0 Å². The van der Waals surface area contributed by atoms with Crippen molar-refractivity contribution in [3.63, 3.8) is 0 Å². The highest BCUT2D eigenvalue weighted by molar-refractivity contribution is 9.10. The summed E-state index contributed by atoms with van der Waals surface area (Å²) in [4.78, 5) is 1.08. The van der Waals surface area contributed by atoms with Crippen LogP contribution >= 0.6 is 27.7 Å². The van der Waals surface area contributed by atoms with Gasteiger partial charge < -0.3 is 10.9 Å². The van der Waals surface area contributed by atoms with E-state index in [9.17, 15) is 0 Å². The second-order valence-corrected chi connectivity index (χ2v) is 6.56. The summed E-state index contributed by atoms with van der Waals surface area (Å²) in [7, 11) is 0. The molecular weight excluding hydrogens is 312 g/mol. The van der Waals surface area contributed by atoms with Crippen LogP contribution in [-0.2, 0) is 0 Å². The zero-order valence-electron chi connectivity index (χ0n) is 10.1. The number of hydrogen-bond acceptors (Lipinski definition) is 3. The van der Waals surface area contributed by atoms with E-state index in [-0.39, 0.29) is 5.84 Å². The number of thioether (sulfide) groups is 1. The third-order valence-electron chi connectivity index (χ3n) is 3.27. The Morgan fingerprint density at radius 1 is 1.44 bits per heavy atom. The number of rotatable bonds is 4. The van der Waals surface area contributed by atoms with Crippen LogP contribution in [0.3, 0.4) is 0 Å². The molecule has 1 aromatic carbocycles. The first-order valence-corrected chi connectivity index (χ1v) is 7.89. The SMILES string of the molecule is N/C(=N/O)c1cc(Br)ccc1SCC1CCCC1. The largest absolute Gasteiger partial charge is 0.409 e. The molecule has 98 valence electrons. The molecule has 0 aliphatic heterocycles. The number of hydrogen-bond donors (Lipinski definition) is 2. The highest BCUT2D eigenvalue weighted by Gasteiger charge is 2.16. The molecule has 0 radical (unpaired) electrons. The molecule has 0 amide bonds. The van der Waals surface area contributed by atoms with Crippen molar-refractivity contribution in [3.05, 3.63) is 28.2 Å². The lowest BCUT2D eigenvalue weighted by Gasteiger charge is -2.11. The van der Waals surface area contributed by atoms with E-state index in [4.69, 9.17) is 10.9 Å². The standard InChI is InChI=1S/C13H17BrN2OS/c14-10-5-6-12(11(7-10)13(15)16-17)18-8-9-3-1-2-4-9/h5-7,9,17H,1-4,8H2,(H2,15,16). The van der Waals surface area contributed by atoms with Crippen molar-refractivity contribution in [2.75, 3.05) is 5.75 Å². The zero-order valence-corrected chi connectivity index (χ0v) is 12.5. The summed E-state index contributed by atoms with van der Waals surface area (Å²) in [5.74, 6) is 2.11. The van der Waals surface area contributed by atoms with Gasteiger partial charge in [-0.25, -0.2) is 0 Å². The highest BCUT2D eigenvalue weighted by atomic mass is 79.9. The van der Waals surface area contributed by atoms with Crippen LogP contribution in [0.1, 0.15) is 31.2 Å². The summed E-state index contributed by atoms with van der Waals surface area (Å²) in [5.41, 5.74) is 6.51. The molecule has 0 saturated heterocycles. The summed E-state index contributed by atoms with van der Waals surface area (Å²) in [5, 5.41) is 11.9. The molecule has 1 aromatic rings. The maximum absolute atomic E-state index is 8.82. The lowest BCUT2D eigenvalue weighted by molar-refractivity contribution is 0.318. The van der Waals surface area contributed by atoms with Crippen molar-refractivity contribution in [1.29, 1.82) is 0 Å². The van der Waals surface area contributed by atoms with Crippen LogP contribution < -0.4 is 5.73 Å². The molecule has 2 rings (SSSR count). The predicted molar refractivity (Wildman–Crippen MR) is 79.3 cm³/mol. The minimum atomic E-state index is 0.172. The molecule has 1 aliphatic carbocycles. The van der Waals surface area contributed by atoms with Gasteiger partial charge in [0.15, 0.2) is 5.84 Å². The maximum atomic E-state index is 8.82. The van der Waals surface area contributed by atoms with Gasteiger partial charge in [-0.3, -0.25) is 0 Å². The monoisotopic (exact) mass is 328 g/mol. The molecule has 0 bridgehead atoms. The van der Waals surface area contributed by atoms with Gasteiger partial charge in [-0.15, -0.1) is 11.8 Å². The second kappa shape index (κ2) is 6.48. The second-order valence-electron chi connectivity index (χ2n) is 4.59. The first kappa shape index (κ1) is 13.7. The third-order valence-corrected chi connectivity index (χ3v) is 5.07. The number of oxime groups is 1. The van der Waals surface area contributed by atoms with Crippen LogP contribution in [0.25, 0.3) is 0 Å². The van der Waals surface area contributed by atoms with Crippen molar-refractivity contribution >= 4 is 33.5 Å². The molecular formula is C13H17BrN2OS. The lowest BCUT2D eigenvalue weighted by Crippen LogP contribution is -2.14. The molecule has 0 unspecified atom stereocenters. The van der Waals surface area contributed by atoms with Crippen LogP contribution in [0.2, 0.25) is 0 Å². The van der Waals surface area contributed by atoms with Crippen LogP contribution in [0.4, 0.5) is 0 Å². The Bertz CT molecular complexity index is 445. The van der Waals surface area contributed by atoms with Gasteiger partial charge in [0.05, 0.1) is 0 Å². The minimum Gasteiger partial charge on any atom is -0.409 e. The molecule has 3 N–H and O–H groups in total. The summed E-state index contributed by atoms with van der Waals surface area (Å²) < 4.78 is 0.939. The van der Waals surface area contributed by atoms with Gasteiger partial charge in [0.1, 0.15) is 0 Å². The molecule has 3 nitrogen and oxygen atoms in total. The van der Waals surface area contributed by atoms with Crippen molar-refractivity contribution < 1.29 is 5.21 Å². The van der Waals surface area contributed by atoms with Gasteiger partial charge in [-0.2, -0.15) is 0 Å². The van der Waals surface area contributed by atoms with Crippen molar-refractivity contribution in [1.82, 2.24) is 0 Å². The molecule has 1 aliphatic rings. The van der Waals surface area contributed by atoms with Gasteiger partial charge in [-0.05, 0) is 37.0 Å². The number of benzene rings is 1. The van der Waals surface area contributed by atoms with E-state index in [0.29, 0.717) is 0 Å². The zero-order chi connectivity index (χ0) is 13.0. The Labute approximate surface area is 120 Å². The van der Waals surface area contributed by atoms with Crippen LogP contribution in [0.5, 0.6) is 0 Å². The first-order chi connectivity index (χ1) is 8.70. The van der Waals surface area contributed by atoms with Gasteiger partial charge in [-0.1, -0.05) is 33.9 Å². The maximum Gasteiger partial charge on any atom is 0.171 e. The summed E-state index contributed by atoms with van der Waals surface area (Å²) in [6.07, 6.45) is 5.39. The first-order valence-electron chi connectivity index (χ1n) is 6.11. The van der Waals surface area contributed by atoms with Gasteiger partial charge in [0.2, 0.25) is 0 Å². The van der Waals surface area contributed by atoms with E-state index in [2.05, 4.69) is 21.1 Å². The Kier molecular flexibility index (Phi) is 4.95. The predicted octanol–water partition coefficient (Wildman–Crippen LogP) is 3.83. The number of nitrogens with two attached hydrogens (primary N) is 1. The molecule has 1 fully saturated rings. The quantitative estimate of drug-likeness (QED) is 0.290. The average molecular weight is 329 g/mol. The van der Waals surface area contributed by atoms with Crippen LogP contribution in [-0.4, -0.2) is 16.8 Å². The molecule has 0 heterocycles. The Hall–Kier alpha value is -0.680. The molecule has 1 saturated carbocycles. The molecule has 5 heteroatoms. The Balaban J connectivity index is 2.10. The fraction of sp³-hybridized carbons (Fsp3) is 0.462. The van der Waals surface area contributed by atoms with Gasteiger partial charge >= 0.3 is 0 Å². The fourth-order valence-corrected chi connectivity index (χ4v) is 3.86. The van der Waals surface area contributed by atoms with Gasteiger partial charge in [0.25, 0.3) is 0 Å². The van der Waals surface area contributed by atoms with Crippen LogP contribution in [0, 0.1) is 5.92 Å². The number of nitrogens with zero attached hydrogens (tertiary/aromatic N) is 1. The van der Waals surface area contributed by atoms with E-state index in [0.717, 1.165) is 26.6 Å². The minimum absolute atomic E-state index is 0.172. The van der Waals surface area contributed by atoms with E-state index >= 15 is 0 Å². The molecule has 18 heavy (non-hydrogen) atoms. The number of halogens is 1. The highest BCUT2D eigenvalue weighted by Crippen LogP contribution is 2.33. The van der Waals surface area contributed by atoms with Crippen molar-refractivity contribution in [2.45, 2.75) is 30.6 Å². The topological polar surface area (TPSA) is 58.6 Å². The van der Waals surface area contributed by atoms with E-state index in [1.165, 1.54) is 25.7 Å². The van der Waals surface area contributed by atoms with Crippen molar-refractivity contribution in [2.24, 2.45) is 16.8 Å². The number of amidine groups is 1. The van der Waals surface area contributed by atoms with E-state index in [1.54, 1.807) is 11.8 Å². The lowest BCUT2D eigenvalue weighted by atomic mass is 10.1. The van der Waals surface area contributed by atoms with Crippen molar-refractivity contribution in [3.8, 4) is 0 Å². The molecule has 0 spiro atoms. The average Bonchev–Trinajstić information content (AvgIpc) is 2.89. The summed E-state index contributed by atoms with van der Waals surface area (Å²) in [6, 6.07) is 5.91. The van der Waals surface area contributed by atoms with Gasteiger partial charge in [0, 0.05) is 20.7 Å². The normalized spacial score (nSPS) is 17.3. The molecule has 0 atom stereocenters. The molecule has 0 aromatic heterocycles. The summed E-state index contributed by atoms with van der Waals surface area (Å²) in [6.45, 7) is 0. The Morgan fingerprint density at radius 3 is 2.83 bits per heavy atom. The Morgan fingerprint density at radius 2 is 2.17 bits per heavy atom. The fourth-order valence-electron chi connectivity index (χ4n) is 2.27. The third kappa shape index (κ3) is 3.42. The van der Waals surface area contributed by atoms with Crippen LogP contribution in [0.15, 0.2) is 32.7 Å². The smallest absolute Gasteiger partial charge is 0.171 e.